The maximum Gasteiger partial charge on any atom is 0.245 e. The quantitative estimate of drug-likeness (QED) is 0.0387. The molecule has 0 bridgehead atoms. The number of para-hydroxylation sites is 1. The molecule has 2 heterocycles. The van der Waals surface area contributed by atoms with Crippen molar-refractivity contribution in [1.29, 1.82) is 0 Å². The molecule has 1 aromatic heterocycles. The van der Waals surface area contributed by atoms with Gasteiger partial charge in [-0.15, -0.1) is 11.8 Å². The predicted molar refractivity (Wildman–Crippen MR) is 424 cm³/mol. The average Bonchev–Trinajstić information content (AvgIpc) is 1.53. The number of benzene rings is 5. The van der Waals surface area contributed by atoms with Crippen molar-refractivity contribution in [2.24, 2.45) is 40.7 Å². The molecule has 1 aliphatic rings. The number of nitrogens with one attached hydrogen (secondary N) is 13. The predicted octanol–water partition coefficient (Wildman–Crippen LogP) is -0.333. The second-order valence-corrected chi connectivity index (χ2v) is 29.9. The highest BCUT2D eigenvalue weighted by Crippen LogP contribution is 2.23. The van der Waals surface area contributed by atoms with Crippen molar-refractivity contribution in [2.45, 2.75) is 179 Å². The van der Waals surface area contributed by atoms with Crippen LogP contribution in [0.4, 0.5) is 0 Å². The van der Waals surface area contributed by atoms with E-state index in [-0.39, 0.29) is 70.2 Å². The first-order chi connectivity index (χ1) is 53.5. The van der Waals surface area contributed by atoms with Crippen LogP contribution >= 0.6 is 11.8 Å². The molecule has 14 amide bonds. The van der Waals surface area contributed by atoms with Gasteiger partial charge in [0.1, 0.15) is 66.5 Å². The number of carbonyl (C=O) groups excluding carboxylic acids is 14. The SMILES string of the molecule is CC[C@H](C)[C@@H]1NC(=O)[C@H](Cc2ccc3ccccc3c2)NC(=O)CSC[C@@H](C(N)=O)NC(=O)[C@H](C(C)C)NC(=O)[C@H](Cc2c[nH]c3ccccc23)NC(=O)[C@H](CCCCN)NC(=O)[C@H](C(C)C)NC(=O)[C@H](Cc2ccc3ccccc3c2)NC(=O)[C@H](CC(N)=O)NC(=O)[C@H](CCCCN)NC(=O)CNC(=O)[C@H](CO)NC1=O. The molecule has 0 aliphatic carbocycles. The third-order valence-electron chi connectivity index (χ3n) is 19.4. The Morgan fingerprint density at radius 1 is 0.464 bits per heavy atom. The molecule has 1 fully saturated rings. The maximum atomic E-state index is 15.0. The van der Waals surface area contributed by atoms with Gasteiger partial charge in [-0.25, -0.2) is 0 Å². The summed E-state index contributed by atoms with van der Waals surface area (Å²) < 4.78 is 0. The minimum absolute atomic E-state index is 0.0349. The van der Waals surface area contributed by atoms with Crippen LogP contribution in [0.15, 0.2) is 115 Å². The molecule has 0 saturated carbocycles. The Morgan fingerprint density at radius 3 is 1.42 bits per heavy atom. The number of nitrogens with two attached hydrogens (primary N) is 4. The number of thioether (sulfide) groups is 1. The molecule has 12 atom stereocenters. The fraction of sp³-hybridized carbons (Fsp3) is 0.468. The van der Waals surface area contributed by atoms with Crippen molar-refractivity contribution in [2.75, 3.05) is 37.7 Å². The lowest BCUT2D eigenvalue weighted by molar-refractivity contribution is -0.137. The molecule has 0 unspecified atom stereocenters. The summed E-state index contributed by atoms with van der Waals surface area (Å²) in [5.74, 6) is -15.8. The number of carbonyl (C=O) groups is 14. The minimum Gasteiger partial charge on any atom is -0.394 e. The topological polar surface area (TPSA) is 523 Å². The van der Waals surface area contributed by atoms with Gasteiger partial charge in [-0.3, -0.25) is 67.1 Å². The number of aliphatic hydroxyl groups is 1. The normalized spacial score (nSPS) is 23.2. The third-order valence-corrected chi connectivity index (χ3v) is 20.5. The van der Waals surface area contributed by atoms with E-state index >= 15 is 14.4 Å². The monoisotopic (exact) mass is 1570 g/mol. The number of rotatable bonds is 22. The van der Waals surface area contributed by atoms with E-state index in [2.05, 4.69) is 68.8 Å². The van der Waals surface area contributed by atoms with Crippen LogP contribution in [-0.2, 0) is 86.4 Å². The first kappa shape index (κ1) is 88.2. The van der Waals surface area contributed by atoms with Gasteiger partial charge in [-0.1, -0.05) is 151 Å². The van der Waals surface area contributed by atoms with Gasteiger partial charge in [0.2, 0.25) is 82.7 Å². The van der Waals surface area contributed by atoms with E-state index in [1.54, 1.807) is 96.3 Å². The van der Waals surface area contributed by atoms with Crippen LogP contribution in [-0.4, -0.2) is 197 Å². The van der Waals surface area contributed by atoms with Crippen LogP contribution < -0.4 is 86.7 Å². The molecule has 604 valence electrons. The molecule has 1 saturated heterocycles. The van der Waals surface area contributed by atoms with E-state index in [0.29, 0.717) is 40.4 Å². The van der Waals surface area contributed by atoms with Gasteiger partial charge in [0.15, 0.2) is 0 Å². The van der Waals surface area contributed by atoms with E-state index in [4.69, 9.17) is 22.9 Å². The number of aromatic nitrogens is 1. The largest absolute Gasteiger partial charge is 0.394 e. The summed E-state index contributed by atoms with van der Waals surface area (Å²) in [7, 11) is 0. The zero-order valence-electron chi connectivity index (χ0n) is 64.0. The van der Waals surface area contributed by atoms with Gasteiger partial charge >= 0.3 is 0 Å². The van der Waals surface area contributed by atoms with Crippen LogP contribution in [0.25, 0.3) is 32.4 Å². The van der Waals surface area contributed by atoms with Crippen LogP contribution in [0, 0.1) is 17.8 Å². The van der Waals surface area contributed by atoms with Gasteiger partial charge in [0, 0.05) is 42.1 Å². The summed E-state index contributed by atoms with van der Waals surface area (Å²) in [5.41, 5.74) is 25.7. The fourth-order valence-electron chi connectivity index (χ4n) is 12.9. The maximum absolute atomic E-state index is 15.0. The van der Waals surface area contributed by atoms with Crippen LogP contribution in [0.3, 0.4) is 0 Å². The lowest BCUT2D eigenvalue weighted by atomic mass is 9.96. The van der Waals surface area contributed by atoms with Gasteiger partial charge < -0.3 is 96.8 Å². The molecule has 1 aliphatic heterocycles. The van der Waals surface area contributed by atoms with Gasteiger partial charge in [-0.2, -0.15) is 0 Å². The van der Waals surface area contributed by atoms with E-state index in [1.807, 2.05) is 60.7 Å². The molecule has 0 spiro atoms. The van der Waals surface area contributed by atoms with Crippen molar-refractivity contribution < 1.29 is 72.2 Å². The van der Waals surface area contributed by atoms with Gasteiger partial charge in [0.05, 0.1) is 25.3 Å². The molecular formula is C79H107N17O15S. The Kier molecular flexibility index (Phi) is 34.3. The highest BCUT2D eigenvalue weighted by molar-refractivity contribution is 8.00. The number of unbranched alkanes of at least 4 members (excludes halogenated alkanes) is 2. The number of aromatic amines is 1. The van der Waals surface area contributed by atoms with Crippen molar-refractivity contribution in [3.63, 3.8) is 0 Å². The van der Waals surface area contributed by atoms with Crippen molar-refractivity contribution in [1.82, 2.24) is 68.8 Å². The first-order valence-corrected chi connectivity index (χ1v) is 38.9. The summed E-state index contributed by atoms with van der Waals surface area (Å²) in [6.45, 7) is 8.38. The molecule has 5 aromatic carbocycles. The Labute approximate surface area is 654 Å². The molecule has 0 radical (unpaired) electrons. The smallest absolute Gasteiger partial charge is 0.245 e. The standard InChI is InChI=1S/C79H107N17O15S/c1-7-45(6)68-79(111)92-61(40-97)70(102)85-39-64(99)86-55(24-14-16-30-80)71(103)91-60(37-63(82)98)73(105)89-58(35-47-27-29-49-19-9-11-21-51(49)33-47)75(107)94-66(43(2)3)77(109)88-56(25-15-17-31-81)72(104)90-59(36-52-38-84-54-23-13-12-22-53(52)54)76(108)95-67(44(4)5)78(110)93-62(69(83)101)41-112-42-65(100)87-57(74(106)96-68)34-46-26-28-48-18-8-10-20-50(48)32-46/h8-13,18-23,26-29,32-33,38,43-45,55-62,66-68,84,97H,7,14-17,24-25,30-31,34-37,39-42,80-81H2,1-6H3,(H2,82,98)(H2,83,101)(H,85,102)(H,86,99)(H,87,100)(H,88,109)(H,89,105)(H,90,104)(H,91,103)(H,92,111)(H,93,110)(H,94,107)(H,95,108)(H,96,106)/t45-,55-,56-,57-,58-,59-,60-,61-,62-,66-,67-,68-/m0/s1. The summed E-state index contributed by atoms with van der Waals surface area (Å²) in [4.78, 5) is 204. The highest BCUT2D eigenvalue weighted by Gasteiger charge is 2.39. The molecule has 112 heavy (non-hydrogen) atoms. The Morgan fingerprint density at radius 2 is 0.902 bits per heavy atom. The summed E-state index contributed by atoms with van der Waals surface area (Å²) in [6.07, 6.45) is 1.70. The molecular weight excluding hydrogens is 1460 g/mol. The summed E-state index contributed by atoms with van der Waals surface area (Å²) >= 11 is 0.874. The van der Waals surface area contributed by atoms with Crippen LogP contribution in [0.1, 0.15) is 110 Å². The van der Waals surface area contributed by atoms with Gasteiger partial charge in [0.25, 0.3) is 0 Å². The first-order valence-electron chi connectivity index (χ1n) is 37.8. The minimum atomic E-state index is -1.81. The lowest BCUT2D eigenvalue weighted by Gasteiger charge is -2.29. The fourth-order valence-corrected chi connectivity index (χ4v) is 13.7. The molecule has 6 aromatic rings. The van der Waals surface area contributed by atoms with Crippen molar-refractivity contribution in [3.8, 4) is 0 Å². The average molecular weight is 1570 g/mol. The van der Waals surface area contributed by atoms with E-state index in [1.165, 1.54) is 0 Å². The second kappa shape index (κ2) is 43.5. The number of aliphatic hydroxyl groups excluding tert-OH is 1. The Hall–Kier alpha value is -11.0. The zero-order chi connectivity index (χ0) is 81.7. The number of hydrogen-bond donors (Lipinski definition) is 18. The van der Waals surface area contributed by atoms with E-state index in [0.717, 1.165) is 33.3 Å². The number of amides is 14. The Bertz CT molecular complexity index is 4330. The number of H-pyrrole nitrogens is 1. The van der Waals surface area contributed by atoms with Crippen molar-refractivity contribution in [3.05, 3.63) is 132 Å². The van der Waals surface area contributed by atoms with Crippen LogP contribution in [0.2, 0.25) is 0 Å². The summed E-state index contributed by atoms with van der Waals surface area (Å²) in [5, 5.41) is 46.2. The number of hydrogen-bond acceptors (Lipinski definition) is 18. The molecule has 22 N–H and O–H groups in total. The van der Waals surface area contributed by atoms with Gasteiger partial charge in [-0.05, 0) is 114 Å². The molecule has 7 rings (SSSR count). The number of primary amides is 2. The lowest BCUT2D eigenvalue weighted by Crippen LogP contribution is -2.62. The Balaban J connectivity index is 1.26. The van der Waals surface area contributed by atoms with Crippen LogP contribution in [0.5, 0.6) is 0 Å². The van der Waals surface area contributed by atoms with E-state index in [9.17, 15) is 57.8 Å². The summed E-state index contributed by atoms with van der Waals surface area (Å²) in [6, 6.07) is 16.1. The van der Waals surface area contributed by atoms with Crippen molar-refractivity contribution >= 4 is 127 Å². The second-order valence-electron chi connectivity index (χ2n) is 28.8. The third kappa shape index (κ3) is 26.3. The van der Waals surface area contributed by atoms with E-state index < -0.39 is 192 Å². The zero-order valence-corrected chi connectivity index (χ0v) is 64.8. The molecule has 32 nitrogen and oxygen atoms in total. The number of fused-ring (bicyclic) bond motifs is 3. The highest BCUT2D eigenvalue weighted by atomic mass is 32.2. The molecule has 33 heteroatoms.